The van der Waals surface area contributed by atoms with E-state index in [4.69, 9.17) is 16.3 Å². The lowest BCUT2D eigenvalue weighted by Crippen LogP contribution is -2.30. The van der Waals surface area contributed by atoms with Crippen LogP contribution in [0.4, 0.5) is 0 Å². The van der Waals surface area contributed by atoms with Crippen LogP contribution in [-0.4, -0.2) is 23.9 Å². The van der Waals surface area contributed by atoms with Crippen molar-refractivity contribution < 1.29 is 9.84 Å². The van der Waals surface area contributed by atoms with Gasteiger partial charge in [-0.05, 0) is 37.5 Å². The van der Waals surface area contributed by atoms with E-state index < -0.39 is 6.10 Å². The predicted octanol–water partition coefficient (Wildman–Crippen LogP) is 3.37. The van der Waals surface area contributed by atoms with Gasteiger partial charge in [0, 0.05) is 18.1 Å². The van der Waals surface area contributed by atoms with Crippen LogP contribution >= 0.6 is 11.6 Å². The van der Waals surface area contributed by atoms with Crippen molar-refractivity contribution in [2.75, 3.05) is 6.61 Å². The predicted molar refractivity (Wildman–Crippen MR) is 71.6 cm³/mol. The Hall–Kier alpha value is -0.570. The van der Waals surface area contributed by atoms with Crippen molar-refractivity contribution >= 4 is 11.6 Å². The van der Waals surface area contributed by atoms with E-state index in [-0.39, 0.29) is 6.10 Å². The van der Waals surface area contributed by atoms with Crippen LogP contribution < -0.4 is 0 Å². The summed E-state index contributed by atoms with van der Waals surface area (Å²) in [5.41, 5.74) is 2.10. The Kier molecular flexibility index (Phi) is 5.96. The van der Waals surface area contributed by atoms with Crippen LogP contribution in [0.2, 0.25) is 5.02 Å². The molecule has 0 fully saturated rings. The molecule has 96 valence electrons. The van der Waals surface area contributed by atoms with Crippen LogP contribution in [0.1, 0.15) is 31.4 Å². The van der Waals surface area contributed by atoms with Crippen molar-refractivity contribution in [3.63, 3.8) is 0 Å². The molecule has 0 saturated carbocycles. The zero-order valence-electron chi connectivity index (χ0n) is 10.7. The average molecular weight is 257 g/mol. The van der Waals surface area contributed by atoms with Crippen LogP contribution in [0, 0.1) is 6.92 Å². The van der Waals surface area contributed by atoms with Gasteiger partial charge in [0.15, 0.2) is 0 Å². The second-order valence-corrected chi connectivity index (χ2v) is 4.68. The highest BCUT2D eigenvalue weighted by atomic mass is 35.5. The summed E-state index contributed by atoms with van der Waals surface area (Å²) in [6.45, 7) is 6.58. The molecule has 0 saturated heterocycles. The molecule has 0 aliphatic rings. The lowest BCUT2D eigenvalue weighted by Gasteiger charge is -2.22. The van der Waals surface area contributed by atoms with Crippen LogP contribution in [0.15, 0.2) is 18.2 Å². The van der Waals surface area contributed by atoms with E-state index in [0.29, 0.717) is 13.0 Å². The van der Waals surface area contributed by atoms with Crippen molar-refractivity contribution in [3.8, 4) is 0 Å². The third-order valence-corrected chi connectivity index (χ3v) is 3.20. The SMILES string of the molecule is CCOC(CC)C(O)Cc1ccc(C)cc1Cl. The molecule has 0 spiro atoms. The highest BCUT2D eigenvalue weighted by Crippen LogP contribution is 2.21. The Morgan fingerprint density at radius 3 is 2.59 bits per heavy atom. The molecule has 1 aromatic carbocycles. The average Bonchev–Trinajstić information content (AvgIpc) is 2.29. The number of aliphatic hydroxyl groups is 1. The van der Waals surface area contributed by atoms with Gasteiger partial charge in [-0.1, -0.05) is 30.7 Å². The Bertz CT molecular complexity index is 352. The molecule has 2 nitrogen and oxygen atoms in total. The first kappa shape index (κ1) is 14.5. The van der Waals surface area contributed by atoms with Gasteiger partial charge in [0.05, 0.1) is 12.2 Å². The molecular weight excluding hydrogens is 236 g/mol. The molecule has 0 aromatic heterocycles. The summed E-state index contributed by atoms with van der Waals surface area (Å²) in [4.78, 5) is 0. The van der Waals surface area contributed by atoms with Crippen molar-refractivity contribution in [2.24, 2.45) is 0 Å². The van der Waals surface area contributed by atoms with Gasteiger partial charge < -0.3 is 9.84 Å². The Labute approximate surface area is 109 Å². The highest BCUT2D eigenvalue weighted by Gasteiger charge is 2.18. The number of ether oxygens (including phenoxy) is 1. The van der Waals surface area contributed by atoms with Gasteiger partial charge >= 0.3 is 0 Å². The van der Waals surface area contributed by atoms with E-state index >= 15 is 0 Å². The summed E-state index contributed by atoms with van der Waals surface area (Å²) in [6.07, 6.45) is 0.730. The van der Waals surface area contributed by atoms with Gasteiger partial charge in [-0.25, -0.2) is 0 Å². The molecular formula is C14H21ClO2. The van der Waals surface area contributed by atoms with E-state index in [1.54, 1.807) is 0 Å². The van der Waals surface area contributed by atoms with Gasteiger partial charge in [-0.3, -0.25) is 0 Å². The molecule has 0 amide bonds. The fourth-order valence-corrected chi connectivity index (χ4v) is 2.20. The van der Waals surface area contributed by atoms with E-state index in [9.17, 15) is 5.11 Å². The molecule has 2 atom stereocenters. The van der Waals surface area contributed by atoms with E-state index in [1.807, 2.05) is 39.0 Å². The van der Waals surface area contributed by atoms with Crippen LogP contribution in [0.3, 0.4) is 0 Å². The molecule has 2 unspecified atom stereocenters. The van der Waals surface area contributed by atoms with Crippen molar-refractivity contribution in [3.05, 3.63) is 34.3 Å². The maximum Gasteiger partial charge on any atom is 0.0842 e. The molecule has 1 aromatic rings. The largest absolute Gasteiger partial charge is 0.390 e. The molecule has 3 heteroatoms. The quantitative estimate of drug-likeness (QED) is 0.846. The topological polar surface area (TPSA) is 29.5 Å². The molecule has 1 N–H and O–H groups in total. The molecule has 1 rings (SSSR count). The minimum absolute atomic E-state index is 0.114. The summed E-state index contributed by atoms with van der Waals surface area (Å²) in [7, 11) is 0. The summed E-state index contributed by atoms with van der Waals surface area (Å²) < 4.78 is 5.50. The maximum absolute atomic E-state index is 10.1. The van der Waals surface area contributed by atoms with Crippen LogP contribution in [-0.2, 0) is 11.2 Å². The normalized spacial score (nSPS) is 14.6. The van der Waals surface area contributed by atoms with Gasteiger partial charge in [0.25, 0.3) is 0 Å². The van der Waals surface area contributed by atoms with Crippen molar-refractivity contribution in [1.29, 1.82) is 0 Å². The van der Waals surface area contributed by atoms with Crippen LogP contribution in [0.25, 0.3) is 0 Å². The first-order chi connectivity index (χ1) is 8.08. The molecule has 0 aliphatic carbocycles. The standard InChI is InChI=1S/C14H21ClO2/c1-4-14(17-5-2)13(16)9-11-7-6-10(3)8-12(11)15/h6-8,13-14,16H,4-5,9H2,1-3H3. The number of hydrogen-bond donors (Lipinski definition) is 1. The Morgan fingerprint density at radius 2 is 2.06 bits per heavy atom. The number of benzene rings is 1. The van der Waals surface area contributed by atoms with Crippen LogP contribution in [0.5, 0.6) is 0 Å². The second-order valence-electron chi connectivity index (χ2n) is 4.27. The third-order valence-electron chi connectivity index (χ3n) is 2.85. The first-order valence-corrected chi connectivity index (χ1v) is 6.51. The number of halogens is 1. The second kappa shape index (κ2) is 7.00. The summed E-state index contributed by atoms with van der Waals surface area (Å²) in [5, 5.41) is 10.8. The lowest BCUT2D eigenvalue weighted by atomic mass is 10.0. The van der Waals surface area contributed by atoms with Gasteiger partial charge in [-0.2, -0.15) is 0 Å². The van der Waals surface area contributed by atoms with Gasteiger partial charge in [0.1, 0.15) is 0 Å². The molecule has 0 bridgehead atoms. The third kappa shape index (κ3) is 4.30. The zero-order chi connectivity index (χ0) is 12.8. The van der Waals surface area contributed by atoms with Crippen molar-refractivity contribution in [2.45, 2.75) is 45.8 Å². The highest BCUT2D eigenvalue weighted by molar-refractivity contribution is 6.31. The molecule has 0 heterocycles. The summed E-state index contributed by atoms with van der Waals surface area (Å²) in [5.74, 6) is 0. The Balaban J connectivity index is 2.69. The summed E-state index contributed by atoms with van der Waals surface area (Å²) >= 11 is 6.15. The number of aliphatic hydroxyl groups excluding tert-OH is 1. The molecule has 0 aliphatic heterocycles. The smallest absolute Gasteiger partial charge is 0.0842 e. The molecule has 17 heavy (non-hydrogen) atoms. The fraction of sp³-hybridized carbons (Fsp3) is 0.571. The minimum atomic E-state index is -0.500. The maximum atomic E-state index is 10.1. The Morgan fingerprint density at radius 1 is 1.35 bits per heavy atom. The fourth-order valence-electron chi connectivity index (χ4n) is 1.89. The van der Waals surface area contributed by atoms with Gasteiger partial charge in [0.2, 0.25) is 0 Å². The lowest BCUT2D eigenvalue weighted by molar-refractivity contribution is -0.0334. The number of hydrogen-bond acceptors (Lipinski definition) is 2. The zero-order valence-corrected chi connectivity index (χ0v) is 11.5. The van der Waals surface area contributed by atoms with E-state index in [2.05, 4.69) is 0 Å². The molecule has 0 radical (unpaired) electrons. The van der Waals surface area contributed by atoms with Crippen molar-refractivity contribution in [1.82, 2.24) is 0 Å². The number of aryl methyl sites for hydroxylation is 1. The summed E-state index contributed by atoms with van der Waals surface area (Å²) in [6, 6.07) is 5.90. The minimum Gasteiger partial charge on any atom is -0.390 e. The van der Waals surface area contributed by atoms with E-state index in [1.165, 1.54) is 0 Å². The monoisotopic (exact) mass is 256 g/mol. The first-order valence-electron chi connectivity index (χ1n) is 6.13. The van der Waals surface area contributed by atoms with Gasteiger partial charge in [-0.15, -0.1) is 0 Å². The van der Waals surface area contributed by atoms with E-state index in [0.717, 1.165) is 22.6 Å². The number of rotatable bonds is 6.